The number of carbonyl (C=O) groups excluding carboxylic acids is 1. The van der Waals surface area contributed by atoms with Crippen LogP contribution in [0.2, 0.25) is 5.02 Å². The molecule has 0 aliphatic rings. The van der Waals surface area contributed by atoms with Gasteiger partial charge in [0.2, 0.25) is 0 Å². The fraction of sp³-hybridized carbons (Fsp3) is 0.211. The molecule has 1 aromatic carbocycles. The molecule has 0 bridgehead atoms. The zero-order valence-electron chi connectivity index (χ0n) is 14.4. The van der Waals surface area contributed by atoms with Crippen LogP contribution in [0.3, 0.4) is 0 Å². The van der Waals surface area contributed by atoms with Crippen molar-refractivity contribution < 1.29 is 14.1 Å². The molecule has 26 heavy (non-hydrogen) atoms. The predicted molar refractivity (Wildman–Crippen MR) is 97.0 cm³/mol. The Morgan fingerprint density at radius 3 is 2.73 bits per heavy atom. The molecule has 0 radical (unpaired) electrons. The summed E-state index contributed by atoms with van der Waals surface area (Å²) in [6.07, 6.45) is 1.70. The van der Waals surface area contributed by atoms with Crippen LogP contribution in [0, 0.1) is 0 Å². The minimum Gasteiger partial charge on any atom is -0.486 e. The number of hydrogen-bond donors (Lipinski definition) is 0. The van der Waals surface area contributed by atoms with Gasteiger partial charge in [0, 0.05) is 24.3 Å². The number of pyridine rings is 1. The molecule has 1 atom stereocenters. The third-order valence-corrected chi connectivity index (χ3v) is 4.24. The molecule has 2 heterocycles. The smallest absolute Gasteiger partial charge is 0.276 e. The predicted octanol–water partition coefficient (Wildman–Crippen LogP) is 4.14. The highest BCUT2D eigenvalue weighted by molar-refractivity contribution is 6.30. The number of aromatic nitrogens is 2. The van der Waals surface area contributed by atoms with E-state index < -0.39 is 0 Å². The second kappa shape index (κ2) is 8.01. The summed E-state index contributed by atoms with van der Waals surface area (Å²) >= 11 is 5.84. The zero-order valence-corrected chi connectivity index (χ0v) is 15.2. The number of benzene rings is 1. The summed E-state index contributed by atoms with van der Waals surface area (Å²) in [5, 5.41) is 4.49. The van der Waals surface area contributed by atoms with Crippen LogP contribution in [-0.2, 0) is 6.61 Å². The van der Waals surface area contributed by atoms with Gasteiger partial charge in [0.1, 0.15) is 12.4 Å². The van der Waals surface area contributed by atoms with Gasteiger partial charge >= 0.3 is 0 Å². The second-order valence-corrected chi connectivity index (χ2v) is 6.20. The van der Waals surface area contributed by atoms with Gasteiger partial charge in [0.15, 0.2) is 11.5 Å². The number of halogens is 1. The Balaban J connectivity index is 1.63. The highest BCUT2D eigenvalue weighted by Crippen LogP contribution is 2.20. The van der Waals surface area contributed by atoms with Crippen molar-refractivity contribution >= 4 is 17.5 Å². The monoisotopic (exact) mass is 371 g/mol. The molecule has 134 valence electrons. The van der Waals surface area contributed by atoms with Crippen molar-refractivity contribution in [1.82, 2.24) is 15.0 Å². The lowest BCUT2D eigenvalue weighted by atomic mass is 10.2. The van der Waals surface area contributed by atoms with E-state index in [1.807, 2.05) is 25.1 Å². The highest BCUT2D eigenvalue weighted by Gasteiger charge is 2.22. The molecule has 3 rings (SSSR count). The average Bonchev–Trinajstić information content (AvgIpc) is 3.15. The Morgan fingerprint density at radius 1 is 1.27 bits per heavy atom. The molecule has 0 N–H and O–H groups in total. The fourth-order valence-electron chi connectivity index (χ4n) is 2.35. The van der Waals surface area contributed by atoms with Crippen molar-refractivity contribution in [3.63, 3.8) is 0 Å². The highest BCUT2D eigenvalue weighted by atomic mass is 35.5. The van der Waals surface area contributed by atoms with E-state index in [4.69, 9.17) is 20.9 Å². The number of amides is 1. The Bertz CT molecular complexity index is 865. The maximum Gasteiger partial charge on any atom is 0.276 e. The third kappa shape index (κ3) is 4.21. The van der Waals surface area contributed by atoms with Crippen molar-refractivity contribution in [2.45, 2.75) is 19.6 Å². The Morgan fingerprint density at radius 2 is 2.04 bits per heavy atom. The summed E-state index contributed by atoms with van der Waals surface area (Å²) in [4.78, 5) is 18.5. The maximum atomic E-state index is 12.6. The van der Waals surface area contributed by atoms with Crippen molar-refractivity contribution in [1.29, 1.82) is 0 Å². The quantitative estimate of drug-likeness (QED) is 0.651. The van der Waals surface area contributed by atoms with E-state index in [0.717, 1.165) is 5.69 Å². The molecule has 0 saturated carbocycles. The summed E-state index contributed by atoms with van der Waals surface area (Å²) in [7, 11) is 1.71. The van der Waals surface area contributed by atoms with Crippen LogP contribution >= 0.6 is 11.6 Å². The first-order valence-corrected chi connectivity index (χ1v) is 8.44. The first kappa shape index (κ1) is 17.9. The molecule has 1 amide bonds. The van der Waals surface area contributed by atoms with Crippen LogP contribution in [-0.4, -0.2) is 28.0 Å². The summed E-state index contributed by atoms with van der Waals surface area (Å²) in [6, 6.07) is 14.0. The van der Waals surface area contributed by atoms with E-state index >= 15 is 0 Å². The minimum atomic E-state index is -0.246. The molecule has 3 aromatic rings. The maximum absolute atomic E-state index is 12.6. The Hall–Kier alpha value is -2.86. The van der Waals surface area contributed by atoms with Crippen LogP contribution < -0.4 is 4.74 Å². The molecular weight excluding hydrogens is 354 g/mol. The molecule has 0 spiro atoms. The van der Waals surface area contributed by atoms with Gasteiger partial charge in [-0.1, -0.05) is 22.8 Å². The van der Waals surface area contributed by atoms with E-state index in [1.165, 1.54) is 0 Å². The van der Waals surface area contributed by atoms with Gasteiger partial charge in [0.25, 0.3) is 5.91 Å². The second-order valence-electron chi connectivity index (χ2n) is 5.77. The SMILES string of the molecule is CC(c1ccccn1)N(C)C(=O)c1cc(COc2ccc(Cl)cc2)on1. The van der Waals surface area contributed by atoms with Crippen LogP contribution in [0.15, 0.2) is 59.3 Å². The zero-order chi connectivity index (χ0) is 18.5. The van der Waals surface area contributed by atoms with Crippen molar-refractivity contribution in [3.05, 3.63) is 76.9 Å². The first-order chi connectivity index (χ1) is 12.5. The van der Waals surface area contributed by atoms with E-state index in [-0.39, 0.29) is 24.2 Å². The number of rotatable bonds is 6. The molecule has 0 saturated heterocycles. The number of nitrogens with zero attached hydrogens (tertiary/aromatic N) is 3. The van der Waals surface area contributed by atoms with Gasteiger partial charge < -0.3 is 14.2 Å². The molecule has 2 aromatic heterocycles. The Kier molecular flexibility index (Phi) is 5.53. The van der Waals surface area contributed by atoms with Crippen molar-refractivity contribution in [2.24, 2.45) is 0 Å². The molecule has 0 aliphatic carbocycles. The third-order valence-electron chi connectivity index (χ3n) is 3.99. The summed E-state index contributed by atoms with van der Waals surface area (Å²) in [6.45, 7) is 2.08. The normalized spacial score (nSPS) is 11.8. The van der Waals surface area contributed by atoms with E-state index in [2.05, 4.69) is 10.1 Å². The van der Waals surface area contributed by atoms with Crippen LogP contribution in [0.5, 0.6) is 5.75 Å². The molecule has 0 aliphatic heterocycles. The van der Waals surface area contributed by atoms with Crippen molar-refractivity contribution in [2.75, 3.05) is 7.05 Å². The van der Waals surface area contributed by atoms with Gasteiger partial charge in [-0.15, -0.1) is 0 Å². The number of hydrogen-bond acceptors (Lipinski definition) is 5. The lowest BCUT2D eigenvalue weighted by Gasteiger charge is -2.23. The van der Waals surface area contributed by atoms with E-state index in [9.17, 15) is 4.79 Å². The standard InChI is InChI=1S/C19H18ClN3O3/c1-13(17-5-3-4-10-21-17)23(2)19(24)18-11-16(26-22-18)12-25-15-8-6-14(20)7-9-15/h3-11,13H,12H2,1-2H3. The van der Waals surface area contributed by atoms with E-state index in [1.54, 1.807) is 48.5 Å². The molecular formula is C19H18ClN3O3. The lowest BCUT2D eigenvalue weighted by Crippen LogP contribution is -2.30. The summed E-state index contributed by atoms with van der Waals surface area (Å²) in [5.74, 6) is 0.867. The average molecular weight is 372 g/mol. The van der Waals surface area contributed by atoms with Gasteiger partial charge in [-0.05, 0) is 43.3 Å². The molecule has 1 unspecified atom stereocenters. The van der Waals surface area contributed by atoms with Gasteiger partial charge in [0.05, 0.1) is 11.7 Å². The molecule has 6 nitrogen and oxygen atoms in total. The largest absolute Gasteiger partial charge is 0.486 e. The Labute approximate surface area is 156 Å². The van der Waals surface area contributed by atoms with Gasteiger partial charge in [-0.25, -0.2) is 0 Å². The van der Waals surface area contributed by atoms with Gasteiger partial charge in [-0.2, -0.15) is 0 Å². The van der Waals surface area contributed by atoms with Crippen LogP contribution in [0.25, 0.3) is 0 Å². The number of carbonyl (C=O) groups is 1. The van der Waals surface area contributed by atoms with Crippen LogP contribution in [0.1, 0.15) is 34.9 Å². The molecule has 7 heteroatoms. The van der Waals surface area contributed by atoms with Crippen LogP contribution in [0.4, 0.5) is 0 Å². The van der Waals surface area contributed by atoms with Crippen molar-refractivity contribution in [3.8, 4) is 5.75 Å². The van der Waals surface area contributed by atoms with Gasteiger partial charge in [-0.3, -0.25) is 9.78 Å². The topological polar surface area (TPSA) is 68.5 Å². The summed E-state index contributed by atoms with van der Waals surface area (Å²) in [5.41, 5.74) is 1.03. The summed E-state index contributed by atoms with van der Waals surface area (Å²) < 4.78 is 10.8. The fourth-order valence-corrected chi connectivity index (χ4v) is 2.47. The lowest BCUT2D eigenvalue weighted by molar-refractivity contribution is 0.0729. The first-order valence-electron chi connectivity index (χ1n) is 8.06. The minimum absolute atomic E-state index is 0.168. The van der Waals surface area contributed by atoms with E-state index in [0.29, 0.717) is 16.5 Å². The molecule has 0 fully saturated rings. The number of ether oxygens (including phenoxy) is 1.